The van der Waals surface area contributed by atoms with Crippen LogP contribution in [0, 0.1) is 5.92 Å². The van der Waals surface area contributed by atoms with E-state index in [1.165, 1.54) is 103 Å². The molecule has 0 aromatic carbocycles. The molecule has 2 heteroatoms. The maximum Gasteiger partial charge on any atom is 0.157 e. The van der Waals surface area contributed by atoms with Crippen LogP contribution in [0.5, 0.6) is 0 Å². The van der Waals surface area contributed by atoms with Crippen molar-refractivity contribution in [3.05, 3.63) is 0 Å². The quantitative estimate of drug-likeness (QED) is 0.250. The fourth-order valence-corrected chi connectivity index (χ4v) is 3.66. The number of hydrogen-bond donors (Lipinski definition) is 0. The largest absolute Gasteiger partial charge is 0.353 e. The van der Waals surface area contributed by atoms with Crippen LogP contribution in [0.15, 0.2) is 0 Å². The summed E-state index contributed by atoms with van der Waals surface area (Å²) in [5.74, 6) is 0.887. The second-order valence-corrected chi connectivity index (χ2v) is 8.45. The van der Waals surface area contributed by atoms with Crippen LogP contribution < -0.4 is 0 Å². The van der Waals surface area contributed by atoms with Crippen LogP contribution in [0.1, 0.15) is 123 Å². The van der Waals surface area contributed by atoms with Gasteiger partial charge in [0.2, 0.25) is 0 Å². The highest BCUT2D eigenvalue weighted by Crippen LogP contribution is 2.16. The van der Waals surface area contributed by atoms with Crippen molar-refractivity contribution >= 4 is 0 Å². The fourth-order valence-electron chi connectivity index (χ4n) is 3.66. The van der Waals surface area contributed by atoms with Crippen molar-refractivity contribution in [3.63, 3.8) is 0 Å². The third kappa shape index (κ3) is 15.9. The van der Waals surface area contributed by atoms with Gasteiger partial charge in [-0.2, -0.15) is 0 Å². The van der Waals surface area contributed by atoms with Gasteiger partial charge in [-0.25, -0.2) is 0 Å². The second kappa shape index (κ2) is 17.3. The summed E-state index contributed by atoms with van der Waals surface area (Å²) in [6, 6.07) is 0. The summed E-state index contributed by atoms with van der Waals surface area (Å²) in [6.07, 6.45) is 23.5. The highest BCUT2D eigenvalue weighted by molar-refractivity contribution is 4.54. The van der Waals surface area contributed by atoms with Crippen LogP contribution in [-0.4, -0.2) is 19.5 Å². The zero-order chi connectivity index (χ0) is 18.0. The second-order valence-electron chi connectivity index (χ2n) is 8.45. The summed E-state index contributed by atoms with van der Waals surface area (Å²) < 4.78 is 11.4. The zero-order valence-corrected chi connectivity index (χ0v) is 17.4. The summed E-state index contributed by atoms with van der Waals surface area (Å²) >= 11 is 0. The predicted molar refractivity (Wildman–Crippen MR) is 109 cm³/mol. The molecule has 0 amide bonds. The van der Waals surface area contributed by atoms with Gasteiger partial charge in [-0.15, -0.1) is 0 Å². The van der Waals surface area contributed by atoms with E-state index < -0.39 is 0 Å². The molecule has 2 nitrogen and oxygen atoms in total. The van der Waals surface area contributed by atoms with Gasteiger partial charge in [0.25, 0.3) is 0 Å². The Kier molecular flexibility index (Phi) is 15.9. The molecule has 0 aromatic heterocycles. The third-order valence-electron chi connectivity index (χ3n) is 5.37. The van der Waals surface area contributed by atoms with Crippen molar-refractivity contribution in [2.75, 3.05) is 13.2 Å². The minimum Gasteiger partial charge on any atom is -0.353 e. The molecule has 0 radical (unpaired) electrons. The summed E-state index contributed by atoms with van der Waals surface area (Å²) in [4.78, 5) is 0. The molecule has 1 heterocycles. The van der Waals surface area contributed by atoms with Crippen LogP contribution >= 0.6 is 0 Å². The molecule has 0 N–H and O–H groups in total. The van der Waals surface area contributed by atoms with E-state index in [1.807, 2.05) is 0 Å². The first-order valence-corrected chi connectivity index (χ1v) is 11.5. The van der Waals surface area contributed by atoms with Gasteiger partial charge < -0.3 is 9.47 Å². The van der Waals surface area contributed by atoms with Gasteiger partial charge in [0, 0.05) is 13.2 Å². The van der Waals surface area contributed by atoms with E-state index >= 15 is 0 Å². The summed E-state index contributed by atoms with van der Waals surface area (Å²) in [7, 11) is 0. The Bertz CT molecular complexity index is 259. The molecule has 1 atom stereocenters. The van der Waals surface area contributed by atoms with Gasteiger partial charge >= 0.3 is 0 Å². The van der Waals surface area contributed by atoms with Crippen molar-refractivity contribution in [3.8, 4) is 0 Å². The molecule has 1 saturated heterocycles. The molecule has 0 aliphatic carbocycles. The lowest BCUT2D eigenvalue weighted by molar-refractivity contribution is -0.162. The van der Waals surface area contributed by atoms with Crippen LogP contribution in [0.4, 0.5) is 0 Å². The molecule has 0 spiro atoms. The Morgan fingerprint density at radius 1 is 0.720 bits per heavy atom. The van der Waals surface area contributed by atoms with Gasteiger partial charge in [0.15, 0.2) is 6.29 Å². The van der Waals surface area contributed by atoms with E-state index in [2.05, 4.69) is 13.8 Å². The Hall–Kier alpha value is -0.0800. The molecular weight excluding hydrogens is 308 g/mol. The molecular formula is C23H46O2. The number of rotatable bonds is 17. The van der Waals surface area contributed by atoms with Crippen LogP contribution in [-0.2, 0) is 9.47 Å². The zero-order valence-electron chi connectivity index (χ0n) is 17.4. The molecule has 0 aromatic rings. The van der Waals surface area contributed by atoms with E-state index in [9.17, 15) is 0 Å². The molecule has 150 valence electrons. The van der Waals surface area contributed by atoms with Crippen molar-refractivity contribution in [2.45, 2.75) is 129 Å². The van der Waals surface area contributed by atoms with Crippen molar-refractivity contribution in [1.29, 1.82) is 0 Å². The minimum absolute atomic E-state index is 0.101. The lowest BCUT2D eigenvalue weighted by Crippen LogP contribution is -2.22. The minimum atomic E-state index is 0.101. The molecule has 1 unspecified atom stereocenters. The van der Waals surface area contributed by atoms with Crippen molar-refractivity contribution in [1.82, 2.24) is 0 Å². The maximum absolute atomic E-state index is 5.78. The summed E-state index contributed by atoms with van der Waals surface area (Å²) in [6.45, 7) is 6.45. The van der Waals surface area contributed by atoms with Crippen molar-refractivity contribution in [2.24, 2.45) is 5.92 Å². The Morgan fingerprint density at radius 3 is 1.72 bits per heavy atom. The SMILES string of the molecule is CC(C)CCCCCCCCCCCCCCCOC1CCCCO1. The van der Waals surface area contributed by atoms with E-state index in [0.717, 1.165) is 25.6 Å². The van der Waals surface area contributed by atoms with E-state index in [1.54, 1.807) is 0 Å². The first-order valence-electron chi connectivity index (χ1n) is 11.5. The first kappa shape index (κ1) is 23.0. The van der Waals surface area contributed by atoms with E-state index in [-0.39, 0.29) is 6.29 Å². The van der Waals surface area contributed by atoms with Gasteiger partial charge in [-0.05, 0) is 31.6 Å². The lowest BCUT2D eigenvalue weighted by Gasteiger charge is -2.22. The van der Waals surface area contributed by atoms with Gasteiger partial charge in [0.05, 0.1) is 0 Å². The molecule has 0 bridgehead atoms. The lowest BCUT2D eigenvalue weighted by atomic mass is 10.0. The Labute approximate surface area is 158 Å². The van der Waals surface area contributed by atoms with Crippen LogP contribution in [0.3, 0.4) is 0 Å². The topological polar surface area (TPSA) is 18.5 Å². The summed E-state index contributed by atoms with van der Waals surface area (Å²) in [5.41, 5.74) is 0. The monoisotopic (exact) mass is 354 g/mol. The van der Waals surface area contributed by atoms with E-state index in [4.69, 9.17) is 9.47 Å². The average molecular weight is 355 g/mol. The number of hydrogen-bond acceptors (Lipinski definition) is 2. The smallest absolute Gasteiger partial charge is 0.157 e. The standard InChI is InChI=1S/C23H46O2/c1-22(2)18-14-12-10-8-6-4-3-5-7-9-11-13-16-20-24-23-19-15-17-21-25-23/h22-23H,3-21H2,1-2H3. The highest BCUT2D eigenvalue weighted by atomic mass is 16.7. The molecule has 0 saturated carbocycles. The van der Waals surface area contributed by atoms with Gasteiger partial charge in [-0.1, -0.05) is 97.3 Å². The maximum atomic E-state index is 5.78. The molecule has 1 fully saturated rings. The molecule has 1 rings (SSSR count). The number of unbranched alkanes of at least 4 members (excludes halogenated alkanes) is 12. The van der Waals surface area contributed by atoms with Gasteiger partial charge in [0.1, 0.15) is 0 Å². The highest BCUT2D eigenvalue weighted by Gasteiger charge is 2.13. The average Bonchev–Trinajstić information content (AvgIpc) is 2.62. The normalized spacial score (nSPS) is 18.1. The van der Waals surface area contributed by atoms with Crippen LogP contribution in [0.2, 0.25) is 0 Å². The van der Waals surface area contributed by atoms with Crippen molar-refractivity contribution < 1.29 is 9.47 Å². The molecule has 25 heavy (non-hydrogen) atoms. The van der Waals surface area contributed by atoms with E-state index in [0.29, 0.717) is 0 Å². The molecule has 1 aliphatic rings. The fraction of sp³-hybridized carbons (Fsp3) is 1.00. The number of ether oxygens (including phenoxy) is 2. The van der Waals surface area contributed by atoms with Gasteiger partial charge in [-0.3, -0.25) is 0 Å². The Morgan fingerprint density at radius 2 is 1.24 bits per heavy atom. The summed E-state index contributed by atoms with van der Waals surface area (Å²) in [5, 5.41) is 0. The molecule has 1 aliphatic heterocycles. The predicted octanol–water partition coefficient (Wildman–Crippen LogP) is 7.65. The van der Waals surface area contributed by atoms with Crippen LogP contribution in [0.25, 0.3) is 0 Å². The third-order valence-corrected chi connectivity index (χ3v) is 5.37. The first-order chi connectivity index (χ1) is 12.3. The Balaban J connectivity index is 1.66.